The molecule has 3 rings (SSSR count). The Balaban J connectivity index is 1.79. The van der Waals surface area contributed by atoms with Gasteiger partial charge in [0.15, 0.2) is 0 Å². The highest BCUT2D eigenvalue weighted by Gasteiger charge is 2.29. The number of carbonyl (C=O) groups excluding carboxylic acids is 2. The van der Waals surface area contributed by atoms with Crippen LogP contribution in [0.4, 0.5) is 0 Å². The summed E-state index contributed by atoms with van der Waals surface area (Å²) in [5.41, 5.74) is 14.0. The molecule has 132 valence electrons. The van der Waals surface area contributed by atoms with Gasteiger partial charge in [-0.15, -0.1) is 0 Å². The first-order chi connectivity index (χ1) is 11.9. The first-order valence-electron chi connectivity index (χ1n) is 8.07. The number of aliphatic hydroxyl groups is 1. The van der Waals surface area contributed by atoms with Crippen LogP contribution >= 0.6 is 0 Å². The lowest BCUT2D eigenvalue weighted by Crippen LogP contribution is -2.50. The lowest BCUT2D eigenvalue weighted by atomic mass is 10.1. The predicted molar refractivity (Wildman–Crippen MR) is 91.3 cm³/mol. The zero-order chi connectivity index (χ0) is 18.1. The van der Waals surface area contributed by atoms with E-state index in [2.05, 4.69) is 9.97 Å². The zero-order valence-corrected chi connectivity index (χ0v) is 13.9. The third kappa shape index (κ3) is 3.40. The number of carbonyl (C=O) groups is 2. The Morgan fingerprint density at radius 3 is 2.60 bits per heavy atom. The van der Waals surface area contributed by atoms with E-state index in [1.807, 2.05) is 0 Å². The lowest BCUT2D eigenvalue weighted by Gasteiger charge is -2.29. The summed E-state index contributed by atoms with van der Waals surface area (Å²) in [7, 11) is 0. The molecule has 1 aromatic carbocycles. The lowest BCUT2D eigenvalue weighted by molar-refractivity contribution is -0.135. The number of benzene rings is 1. The Kier molecular flexibility index (Phi) is 4.56. The third-order valence-electron chi connectivity index (χ3n) is 4.39. The normalized spacial score (nSPS) is 16.2. The van der Waals surface area contributed by atoms with Crippen molar-refractivity contribution in [2.45, 2.75) is 32.0 Å². The van der Waals surface area contributed by atoms with Gasteiger partial charge in [-0.2, -0.15) is 0 Å². The van der Waals surface area contributed by atoms with Crippen LogP contribution < -0.4 is 11.5 Å². The molecule has 0 saturated heterocycles. The first-order valence-corrected chi connectivity index (χ1v) is 8.07. The van der Waals surface area contributed by atoms with Gasteiger partial charge in [0.2, 0.25) is 11.8 Å². The quantitative estimate of drug-likeness (QED) is 0.607. The van der Waals surface area contributed by atoms with Crippen molar-refractivity contribution >= 4 is 11.8 Å². The number of aliphatic hydroxyl groups excluding tert-OH is 1. The van der Waals surface area contributed by atoms with E-state index >= 15 is 0 Å². The van der Waals surface area contributed by atoms with E-state index in [4.69, 9.17) is 11.5 Å². The Morgan fingerprint density at radius 2 is 2.00 bits per heavy atom. The second-order valence-corrected chi connectivity index (χ2v) is 6.23. The summed E-state index contributed by atoms with van der Waals surface area (Å²) in [4.78, 5) is 32.9. The van der Waals surface area contributed by atoms with Crippen molar-refractivity contribution in [3.8, 4) is 11.4 Å². The van der Waals surface area contributed by atoms with Gasteiger partial charge in [-0.3, -0.25) is 9.59 Å². The Bertz CT molecular complexity index is 797. The van der Waals surface area contributed by atoms with Gasteiger partial charge in [-0.25, -0.2) is 4.98 Å². The largest absolute Gasteiger partial charge is 0.391 e. The van der Waals surface area contributed by atoms with Gasteiger partial charge >= 0.3 is 0 Å². The number of H-pyrrole nitrogens is 1. The van der Waals surface area contributed by atoms with Gasteiger partial charge < -0.3 is 26.5 Å². The molecule has 8 nitrogen and oxygen atoms in total. The highest BCUT2D eigenvalue weighted by atomic mass is 16.3. The molecule has 8 heteroatoms. The van der Waals surface area contributed by atoms with Crippen LogP contribution in [-0.2, 0) is 17.8 Å². The van der Waals surface area contributed by atoms with Gasteiger partial charge in [0.05, 0.1) is 24.0 Å². The van der Waals surface area contributed by atoms with E-state index in [0.29, 0.717) is 30.9 Å². The highest BCUT2D eigenvalue weighted by molar-refractivity contribution is 5.93. The van der Waals surface area contributed by atoms with Crippen molar-refractivity contribution in [3.05, 3.63) is 41.2 Å². The number of fused-ring (bicyclic) bond motifs is 1. The van der Waals surface area contributed by atoms with Crippen molar-refractivity contribution in [2.24, 2.45) is 11.5 Å². The molecular weight excluding hydrogens is 322 g/mol. The fraction of sp³-hybridized carbons (Fsp3) is 0.353. The topological polar surface area (TPSA) is 138 Å². The van der Waals surface area contributed by atoms with Crippen LogP contribution in [0.5, 0.6) is 0 Å². The highest BCUT2D eigenvalue weighted by Crippen LogP contribution is 2.23. The van der Waals surface area contributed by atoms with Crippen molar-refractivity contribution in [1.29, 1.82) is 0 Å². The van der Waals surface area contributed by atoms with Crippen LogP contribution in [0.1, 0.15) is 28.7 Å². The minimum absolute atomic E-state index is 0.275. The first kappa shape index (κ1) is 17.1. The average molecular weight is 343 g/mol. The molecule has 0 bridgehead atoms. The maximum atomic E-state index is 12.3. The predicted octanol–water partition coefficient (Wildman–Crippen LogP) is -0.232. The molecule has 0 saturated carbocycles. The number of nitrogens with one attached hydrogen (secondary N) is 1. The monoisotopic (exact) mass is 343 g/mol. The van der Waals surface area contributed by atoms with Crippen molar-refractivity contribution < 1.29 is 14.7 Å². The smallest absolute Gasteiger partial charge is 0.248 e. The maximum absolute atomic E-state index is 12.3. The number of rotatable bonds is 4. The molecule has 1 aliphatic heterocycles. The minimum atomic E-state index is -0.926. The van der Waals surface area contributed by atoms with E-state index in [1.165, 1.54) is 6.92 Å². The van der Waals surface area contributed by atoms with Crippen LogP contribution in [0.3, 0.4) is 0 Å². The molecule has 0 unspecified atom stereocenters. The number of imidazole rings is 1. The van der Waals surface area contributed by atoms with E-state index in [0.717, 1.165) is 17.0 Å². The summed E-state index contributed by atoms with van der Waals surface area (Å²) >= 11 is 0. The summed E-state index contributed by atoms with van der Waals surface area (Å²) < 4.78 is 0. The summed E-state index contributed by atoms with van der Waals surface area (Å²) in [5, 5.41) is 9.51. The van der Waals surface area contributed by atoms with Gasteiger partial charge in [-0.1, -0.05) is 12.1 Å². The van der Waals surface area contributed by atoms with Crippen LogP contribution in [0.25, 0.3) is 11.4 Å². The van der Waals surface area contributed by atoms with Gasteiger partial charge in [-0.05, 0) is 19.1 Å². The molecule has 6 N–H and O–H groups in total. The van der Waals surface area contributed by atoms with E-state index < -0.39 is 18.1 Å². The molecule has 0 aliphatic carbocycles. The molecule has 2 aromatic rings. The molecule has 1 aromatic heterocycles. The molecule has 2 heterocycles. The molecule has 0 radical (unpaired) electrons. The van der Waals surface area contributed by atoms with E-state index in [-0.39, 0.29) is 5.91 Å². The molecule has 2 amide bonds. The van der Waals surface area contributed by atoms with Crippen LogP contribution in [0.2, 0.25) is 0 Å². The number of nitrogens with two attached hydrogens (primary N) is 2. The minimum Gasteiger partial charge on any atom is -0.391 e. The number of amides is 2. The van der Waals surface area contributed by atoms with Crippen molar-refractivity contribution in [2.75, 3.05) is 6.54 Å². The molecule has 25 heavy (non-hydrogen) atoms. The number of primary amides is 1. The van der Waals surface area contributed by atoms with Crippen molar-refractivity contribution in [1.82, 2.24) is 14.9 Å². The average Bonchev–Trinajstić information content (AvgIpc) is 3.03. The second-order valence-electron chi connectivity index (χ2n) is 6.23. The number of nitrogens with zero attached hydrogens (tertiary/aromatic N) is 2. The Hall–Kier alpha value is -2.71. The van der Waals surface area contributed by atoms with Gasteiger partial charge in [0.1, 0.15) is 11.9 Å². The maximum Gasteiger partial charge on any atom is 0.248 e. The second kappa shape index (κ2) is 6.66. The number of hydrogen-bond acceptors (Lipinski definition) is 5. The molecule has 0 fully saturated rings. The molecule has 0 spiro atoms. The molecular formula is C17H21N5O3. The van der Waals surface area contributed by atoms with Gasteiger partial charge in [0.25, 0.3) is 0 Å². The van der Waals surface area contributed by atoms with Gasteiger partial charge in [0, 0.05) is 24.1 Å². The van der Waals surface area contributed by atoms with Crippen LogP contribution in [-0.4, -0.2) is 50.5 Å². The molecule has 2 atom stereocenters. The SMILES string of the molecule is C[C@@H](O)[C@H](N)C(=O)N1CCc2nc(-c3ccc(C(N)=O)cc3)[nH]c2C1. The summed E-state index contributed by atoms with van der Waals surface area (Å²) in [6, 6.07) is 5.92. The van der Waals surface area contributed by atoms with Crippen LogP contribution in [0, 0.1) is 0 Å². The van der Waals surface area contributed by atoms with Crippen molar-refractivity contribution in [3.63, 3.8) is 0 Å². The fourth-order valence-corrected chi connectivity index (χ4v) is 2.83. The fourth-order valence-electron chi connectivity index (χ4n) is 2.83. The molecule has 1 aliphatic rings. The number of aromatic nitrogens is 2. The van der Waals surface area contributed by atoms with E-state index in [9.17, 15) is 14.7 Å². The Morgan fingerprint density at radius 1 is 1.32 bits per heavy atom. The summed E-state index contributed by atoms with van der Waals surface area (Å²) in [5.74, 6) is -0.0772. The van der Waals surface area contributed by atoms with Crippen LogP contribution in [0.15, 0.2) is 24.3 Å². The number of aromatic amines is 1. The Labute approximate surface area is 144 Å². The standard InChI is InChI=1S/C17H21N5O3/c1-9(23)14(18)17(25)22-7-6-12-13(8-22)21-16(20-12)11-4-2-10(3-5-11)15(19)24/h2-5,9,14,23H,6-8,18H2,1H3,(H2,19,24)(H,20,21)/t9-,14+/m1/s1. The zero-order valence-electron chi connectivity index (χ0n) is 13.9. The third-order valence-corrected chi connectivity index (χ3v) is 4.39. The summed E-state index contributed by atoms with van der Waals surface area (Å²) in [6.45, 7) is 2.39. The number of hydrogen-bond donors (Lipinski definition) is 4. The van der Waals surface area contributed by atoms with E-state index in [1.54, 1.807) is 29.2 Å². The summed E-state index contributed by atoms with van der Waals surface area (Å²) in [6.07, 6.45) is -0.279.